The van der Waals surface area contributed by atoms with E-state index in [4.69, 9.17) is 9.15 Å². The zero-order valence-electron chi connectivity index (χ0n) is 28.2. The first-order valence-corrected chi connectivity index (χ1v) is 19.2. The molecule has 3 fully saturated rings. The Morgan fingerprint density at radius 3 is 2.62 bits per heavy atom. The fraction of sp³-hybridized carbons (Fsp3) is 0.474. The summed E-state index contributed by atoms with van der Waals surface area (Å²) in [6.07, 6.45) is 16.0. The minimum absolute atomic E-state index is 0.0171. The van der Waals surface area contributed by atoms with E-state index < -0.39 is 33.3 Å². The minimum atomic E-state index is -4.08. The second kappa shape index (κ2) is 15.8. The molecule has 10 nitrogen and oxygen atoms in total. The first-order chi connectivity index (χ1) is 24.1. The first-order valence-electron chi connectivity index (χ1n) is 17.7. The number of benzene rings is 2. The van der Waals surface area contributed by atoms with Gasteiger partial charge in [-0.15, -0.1) is 0 Å². The number of nitrogens with zero attached hydrogens (tertiary/aromatic N) is 1. The predicted octanol–water partition coefficient (Wildman–Crippen LogP) is 6.65. The molecule has 1 aromatic heterocycles. The van der Waals surface area contributed by atoms with Crippen LogP contribution in [0.2, 0.25) is 0 Å². The number of sulfonamides is 1. The van der Waals surface area contributed by atoms with E-state index in [0.717, 1.165) is 31.3 Å². The third-order valence-electron chi connectivity index (χ3n) is 10.4. The van der Waals surface area contributed by atoms with E-state index in [0.29, 0.717) is 36.9 Å². The molecule has 266 valence electrons. The standard InChI is InChI=1S/C38H45FN4O6S/c39-29-16-14-27(15-19-35(44)43-50(46,47)31-12-5-2-6-13-31)28(23-29)24-33(40)38(21-20-30-17-18-34(38)49-30)37-42-32(25-48-37)36(45)41-22-8-7-11-26-9-3-1-4-10-26/h2,5-6,12-16,19,23,25-26,30,34,40H,1,3-4,7-11,17-18,20-22,24H2,(H,41,45)(H,43,44). The molecule has 3 heterocycles. The van der Waals surface area contributed by atoms with Crippen molar-refractivity contribution in [2.45, 2.75) is 106 Å². The maximum Gasteiger partial charge on any atom is 0.273 e. The molecular weight excluding hydrogens is 660 g/mol. The van der Waals surface area contributed by atoms with Crippen molar-refractivity contribution < 1.29 is 31.6 Å². The van der Waals surface area contributed by atoms with Crippen molar-refractivity contribution in [1.82, 2.24) is 15.0 Å². The lowest BCUT2D eigenvalue weighted by atomic mass is 9.70. The Balaban J connectivity index is 1.15. The number of unbranched alkanes of at least 4 members (excludes halogenated alkanes) is 1. The maximum absolute atomic E-state index is 14.6. The van der Waals surface area contributed by atoms with Gasteiger partial charge in [0.05, 0.1) is 17.1 Å². The topological polar surface area (TPSA) is 151 Å². The van der Waals surface area contributed by atoms with Crippen LogP contribution < -0.4 is 10.0 Å². The van der Waals surface area contributed by atoms with Crippen molar-refractivity contribution in [1.29, 1.82) is 5.41 Å². The van der Waals surface area contributed by atoms with Gasteiger partial charge in [0.2, 0.25) is 5.89 Å². The van der Waals surface area contributed by atoms with Gasteiger partial charge in [0, 0.05) is 24.8 Å². The number of nitrogens with one attached hydrogen (secondary N) is 3. The lowest BCUT2D eigenvalue weighted by Gasteiger charge is -2.40. The summed E-state index contributed by atoms with van der Waals surface area (Å²) < 4.78 is 54.1. The van der Waals surface area contributed by atoms with Crippen molar-refractivity contribution in [2.75, 3.05) is 6.54 Å². The Kier molecular flexibility index (Phi) is 11.3. The highest BCUT2D eigenvalue weighted by Gasteiger charge is 2.55. The van der Waals surface area contributed by atoms with Crippen molar-refractivity contribution in [3.05, 3.63) is 89.4 Å². The summed E-state index contributed by atoms with van der Waals surface area (Å²) in [4.78, 5) is 30.3. The molecule has 50 heavy (non-hydrogen) atoms. The fourth-order valence-corrected chi connectivity index (χ4v) is 8.65. The molecule has 0 radical (unpaired) electrons. The monoisotopic (exact) mass is 704 g/mol. The molecule has 3 aliphatic rings. The second-order valence-electron chi connectivity index (χ2n) is 13.7. The van der Waals surface area contributed by atoms with Crippen LogP contribution in [-0.2, 0) is 31.4 Å². The third-order valence-corrected chi connectivity index (χ3v) is 11.8. The van der Waals surface area contributed by atoms with Crippen molar-refractivity contribution in [2.24, 2.45) is 5.92 Å². The lowest BCUT2D eigenvalue weighted by molar-refractivity contribution is -0.114. The Hall–Kier alpha value is -4.16. The van der Waals surface area contributed by atoms with Crippen molar-refractivity contribution in [3.63, 3.8) is 0 Å². The number of amides is 2. The van der Waals surface area contributed by atoms with E-state index >= 15 is 0 Å². The summed E-state index contributed by atoms with van der Waals surface area (Å²) in [7, 11) is -4.08. The summed E-state index contributed by atoms with van der Waals surface area (Å²) in [5.41, 5.74) is 0.124. The van der Waals surface area contributed by atoms with Gasteiger partial charge in [-0.2, -0.15) is 0 Å². The molecule has 6 rings (SSSR count). The van der Waals surface area contributed by atoms with Gasteiger partial charge in [0.25, 0.3) is 21.8 Å². The zero-order valence-corrected chi connectivity index (χ0v) is 29.0. The van der Waals surface area contributed by atoms with Crippen LogP contribution in [0.3, 0.4) is 0 Å². The molecule has 2 aliphatic heterocycles. The molecule has 3 aromatic rings. The van der Waals surface area contributed by atoms with Crippen LogP contribution in [0.1, 0.15) is 105 Å². The summed E-state index contributed by atoms with van der Waals surface area (Å²) >= 11 is 0. The van der Waals surface area contributed by atoms with Crippen LogP contribution in [-0.4, -0.2) is 49.7 Å². The predicted molar refractivity (Wildman–Crippen MR) is 187 cm³/mol. The molecule has 2 aromatic carbocycles. The molecule has 2 bridgehead atoms. The molecule has 1 saturated carbocycles. The minimum Gasteiger partial charge on any atom is -0.447 e. The summed E-state index contributed by atoms with van der Waals surface area (Å²) in [5, 5.41) is 12.4. The van der Waals surface area contributed by atoms with Crippen molar-refractivity contribution >= 4 is 33.6 Å². The van der Waals surface area contributed by atoms with Crippen LogP contribution in [0, 0.1) is 17.1 Å². The molecule has 2 saturated heterocycles. The van der Waals surface area contributed by atoms with Gasteiger partial charge >= 0.3 is 0 Å². The van der Waals surface area contributed by atoms with Crippen LogP contribution in [0.5, 0.6) is 0 Å². The molecule has 1 aliphatic carbocycles. The van der Waals surface area contributed by atoms with Crippen molar-refractivity contribution in [3.8, 4) is 0 Å². The number of aromatic nitrogens is 1. The van der Waals surface area contributed by atoms with Gasteiger partial charge in [-0.05, 0) is 79.5 Å². The third kappa shape index (κ3) is 8.24. The fourth-order valence-electron chi connectivity index (χ4n) is 7.69. The van der Waals surface area contributed by atoms with E-state index in [1.54, 1.807) is 18.2 Å². The zero-order chi connectivity index (χ0) is 35.1. The van der Waals surface area contributed by atoms with E-state index in [2.05, 4.69) is 10.3 Å². The normalized spacial score (nSPS) is 22.4. The van der Waals surface area contributed by atoms with Gasteiger partial charge in [0.1, 0.15) is 17.5 Å². The van der Waals surface area contributed by atoms with Crippen LogP contribution in [0.4, 0.5) is 4.39 Å². The second-order valence-corrected chi connectivity index (χ2v) is 15.4. The van der Waals surface area contributed by atoms with Gasteiger partial charge in [-0.1, -0.05) is 69.2 Å². The average molecular weight is 705 g/mol. The van der Waals surface area contributed by atoms with E-state index in [-0.39, 0.29) is 40.6 Å². The number of carbonyl (C=O) groups excluding carboxylic acids is 2. The summed E-state index contributed by atoms with van der Waals surface area (Å²) in [6, 6.07) is 11.5. The van der Waals surface area contributed by atoms with Gasteiger partial charge in [0.15, 0.2) is 5.69 Å². The largest absolute Gasteiger partial charge is 0.447 e. The van der Waals surface area contributed by atoms with Crippen LogP contribution >= 0.6 is 0 Å². The molecule has 3 atom stereocenters. The highest BCUT2D eigenvalue weighted by Crippen LogP contribution is 2.48. The smallest absolute Gasteiger partial charge is 0.273 e. The van der Waals surface area contributed by atoms with Gasteiger partial charge in [-0.3, -0.25) is 9.59 Å². The number of carbonyl (C=O) groups is 2. The van der Waals surface area contributed by atoms with Gasteiger partial charge < -0.3 is 19.9 Å². The molecule has 3 unspecified atom stereocenters. The number of halogens is 1. The maximum atomic E-state index is 14.6. The molecule has 3 N–H and O–H groups in total. The number of rotatable bonds is 14. The molecule has 2 amide bonds. The molecule has 12 heteroatoms. The molecular formula is C38H45FN4O6S. The summed E-state index contributed by atoms with van der Waals surface area (Å²) in [5.74, 6) is -0.688. The number of hydrogen-bond acceptors (Lipinski definition) is 8. The summed E-state index contributed by atoms with van der Waals surface area (Å²) in [6.45, 7) is 0.550. The van der Waals surface area contributed by atoms with Gasteiger partial charge in [-0.25, -0.2) is 22.5 Å². The quantitative estimate of drug-likeness (QED) is 0.0965. The first kappa shape index (κ1) is 35.7. The number of hydrogen-bond donors (Lipinski definition) is 3. The SMILES string of the molecule is N=C(Cc1cc(F)ccc1C=CC(=O)NS(=O)(=O)c1ccccc1)C1(c2nc(C(=O)NCCCCC3CCCCC3)co2)CCC2CCC1O2. The Labute approximate surface area is 292 Å². The Morgan fingerprint density at radius 1 is 1.02 bits per heavy atom. The van der Waals surface area contributed by atoms with E-state index in [9.17, 15) is 27.8 Å². The highest BCUT2D eigenvalue weighted by molar-refractivity contribution is 7.90. The van der Waals surface area contributed by atoms with Crippen LogP contribution in [0.15, 0.2) is 70.2 Å². The number of ether oxygens (including phenoxy) is 1. The number of fused-ring (bicyclic) bond motifs is 2. The highest BCUT2D eigenvalue weighted by atomic mass is 32.2. The average Bonchev–Trinajstić information content (AvgIpc) is 3.77. The Morgan fingerprint density at radius 2 is 1.82 bits per heavy atom. The number of oxazole rings is 1. The van der Waals surface area contributed by atoms with E-state index in [1.165, 1.54) is 81.2 Å². The lowest BCUT2D eigenvalue weighted by Crippen LogP contribution is -2.50. The van der Waals surface area contributed by atoms with E-state index in [1.807, 2.05) is 4.72 Å². The van der Waals surface area contributed by atoms with Crippen LogP contribution in [0.25, 0.3) is 6.08 Å². The Bertz CT molecular complexity index is 1820. The molecule has 0 spiro atoms.